The molecule has 4 unspecified atom stereocenters. The monoisotopic (exact) mass is 252 g/mol. The maximum absolute atomic E-state index is 3.78. The van der Waals surface area contributed by atoms with Crippen LogP contribution in [0.15, 0.2) is 0 Å². The van der Waals surface area contributed by atoms with Crippen molar-refractivity contribution >= 4 is 0 Å². The van der Waals surface area contributed by atoms with Crippen molar-refractivity contribution in [3.05, 3.63) is 0 Å². The van der Waals surface area contributed by atoms with Crippen molar-refractivity contribution in [2.75, 3.05) is 13.1 Å². The molecule has 1 heterocycles. The van der Waals surface area contributed by atoms with Gasteiger partial charge in [0.15, 0.2) is 0 Å². The molecule has 1 saturated heterocycles. The average molecular weight is 252 g/mol. The Labute approximate surface area is 114 Å². The molecule has 1 saturated carbocycles. The summed E-state index contributed by atoms with van der Waals surface area (Å²) in [5.74, 6) is 0.865. The molecule has 0 spiro atoms. The Kier molecular flexibility index (Phi) is 4.38. The second kappa shape index (κ2) is 5.50. The van der Waals surface area contributed by atoms with Crippen LogP contribution in [0.4, 0.5) is 0 Å². The highest BCUT2D eigenvalue weighted by Crippen LogP contribution is 2.42. The van der Waals surface area contributed by atoms with Crippen LogP contribution in [0.1, 0.15) is 60.3 Å². The molecule has 4 atom stereocenters. The maximum Gasteiger partial charge on any atom is 0.0274 e. The largest absolute Gasteiger partial charge is 0.312 e. The summed E-state index contributed by atoms with van der Waals surface area (Å²) in [7, 11) is 0. The van der Waals surface area contributed by atoms with Crippen LogP contribution in [0.2, 0.25) is 0 Å². The van der Waals surface area contributed by atoms with Gasteiger partial charge in [0.2, 0.25) is 0 Å². The number of piperidine rings is 1. The van der Waals surface area contributed by atoms with E-state index in [2.05, 4.69) is 44.8 Å². The third-order valence-electron chi connectivity index (χ3n) is 5.58. The lowest BCUT2D eigenvalue weighted by Gasteiger charge is -2.45. The summed E-state index contributed by atoms with van der Waals surface area (Å²) in [5.41, 5.74) is 0.459. The predicted octanol–water partition coefficient (Wildman–Crippen LogP) is 3.27. The molecule has 1 aliphatic heterocycles. The molecule has 2 aliphatic rings. The summed E-state index contributed by atoms with van der Waals surface area (Å²) >= 11 is 0. The maximum atomic E-state index is 3.78. The van der Waals surface area contributed by atoms with Crippen molar-refractivity contribution < 1.29 is 0 Å². The zero-order valence-electron chi connectivity index (χ0n) is 13.0. The van der Waals surface area contributed by atoms with Crippen molar-refractivity contribution in [1.82, 2.24) is 10.2 Å². The third kappa shape index (κ3) is 2.60. The molecular weight excluding hydrogens is 220 g/mol. The molecule has 0 radical (unpaired) electrons. The second-order valence-electron chi connectivity index (χ2n) is 7.23. The van der Waals surface area contributed by atoms with Gasteiger partial charge in [0.05, 0.1) is 0 Å². The fraction of sp³-hybridized carbons (Fsp3) is 1.00. The molecule has 1 N–H and O–H groups in total. The minimum Gasteiger partial charge on any atom is -0.312 e. The highest BCUT2D eigenvalue weighted by atomic mass is 15.2. The Morgan fingerprint density at radius 2 is 1.94 bits per heavy atom. The number of hydrogen-bond acceptors (Lipinski definition) is 2. The Hall–Kier alpha value is -0.0800. The highest BCUT2D eigenvalue weighted by molar-refractivity contribution is 5.02. The van der Waals surface area contributed by atoms with Gasteiger partial charge in [-0.2, -0.15) is 0 Å². The first-order chi connectivity index (χ1) is 8.47. The van der Waals surface area contributed by atoms with Crippen LogP contribution in [-0.4, -0.2) is 36.1 Å². The third-order valence-corrected chi connectivity index (χ3v) is 5.58. The van der Waals surface area contributed by atoms with Crippen LogP contribution >= 0.6 is 0 Å². The normalized spacial score (nSPS) is 41.2. The first-order valence-corrected chi connectivity index (χ1v) is 7.96. The molecule has 2 nitrogen and oxygen atoms in total. The van der Waals surface area contributed by atoms with Crippen molar-refractivity contribution in [3.63, 3.8) is 0 Å². The highest BCUT2D eigenvalue weighted by Gasteiger charge is 2.45. The fourth-order valence-electron chi connectivity index (χ4n) is 4.19. The van der Waals surface area contributed by atoms with Gasteiger partial charge in [0.25, 0.3) is 0 Å². The van der Waals surface area contributed by atoms with Crippen LogP contribution in [-0.2, 0) is 0 Å². The molecule has 18 heavy (non-hydrogen) atoms. The lowest BCUT2D eigenvalue weighted by Crippen LogP contribution is -2.56. The Balaban J connectivity index is 2.11. The summed E-state index contributed by atoms with van der Waals surface area (Å²) in [6.07, 6.45) is 5.55. The van der Waals surface area contributed by atoms with Gasteiger partial charge in [0, 0.05) is 18.1 Å². The average Bonchev–Trinajstić information content (AvgIpc) is 2.60. The van der Waals surface area contributed by atoms with E-state index in [-0.39, 0.29) is 0 Å². The van der Waals surface area contributed by atoms with Gasteiger partial charge in [-0.15, -0.1) is 0 Å². The molecule has 0 aromatic rings. The zero-order chi connectivity index (χ0) is 13.3. The van der Waals surface area contributed by atoms with Gasteiger partial charge in [-0.25, -0.2) is 0 Å². The zero-order valence-corrected chi connectivity index (χ0v) is 13.0. The predicted molar refractivity (Wildman–Crippen MR) is 78.8 cm³/mol. The summed E-state index contributed by atoms with van der Waals surface area (Å²) < 4.78 is 0. The Bertz CT molecular complexity index is 274. The minimum absolute atomic E-state index is 0.459. The smallest absolute Gasteiger partial charge is 0.0274 e. The first kappa shape index (κ1) is 14.3. The number of nitrogens with one attached hydrogen (secondary N) is 1. The van der Waals surface area contributed by atoms with Crippen LogP contribution in [0.5, 0.6) is 0 Å². The van der Waals surface area contributed by atoms with E-state index in [4.69, 9.17) is 0 Å². The van der Waals surface area contributed by atoms with E-state index in [0.29, 0.717) is 11.5 Å². The molecule has 0 aromatic carbocycles. The van der Waals surface area contributed by atoms with Crippen molar-refractivity contribution in [2.45, 2.75) is 78.4 Å². The summed E-state index contributed by atoms with van der Waals surface area (Å²) in [4.78, 5) is 2.82. The van der Waals surface area contributed by atoms with Crippen LogP contribution in [0, 0.1) is 11.3 Å². The fourth-order valence-corrected chi connectivity index (χ4v) is 4.19. The van der Waals surface area contributed by atoms with Gasteiger partial charge in [-0.05, 0) is 57.0 Å². The molecule has 0 bridgehead atoms. The van der Waals surface area contributed by atoms with Gasteiger partial charge in [-0.1, -0.05) is 27.7 Å². The minimum atomic E-state index is 0.459. The van der Waals surface area contributed by atoms with Gasteiger partial charge >= 0.3 is 0 Å². The number of likely N-dealkylation sites (tertiary alicyclic amines) is 1. The van der Waals surface area contributed by atoms with E-state index in [0.717, 1.165) is 24.5 Å². The summed E-state index contributed by atoms with van der Waals surface area (Å²) in [6, 6.07) is 2.20. The number of nitrogens with zero attached hydrogens (tertiary/aromatic N) is 1. The van der Waals surface area contributed by atoms with Gasteiger partial charge in [0.1, 0.15) is 0 Å². The quantitative estimate of drug-likeness (QED) is 0.829. The van der Waals surface area contributed by atoms with Gasteiger partial charge in [-0.3, -0.25) is 4.90 Å². The molecule has 2 heteroatoms. The molecule has 2 fully saturated rings. The number of hydrogen-bond donors (Lipinski definition) is 1. The van der Waals surface area contributed by atoms with Crippen LogP contribution in [0.3, 0.4) is 0 Å². The first-order valence-electron chi connectivity index (χ1n) is 7.96. The number of rotatable bonds is 3. The second-order valence-corrected chi connectivity index (χ2v) is 7.23. The van der Waals surface area contributed by atoms with Crippen LogP contribution in [0.25, 0.3) is 0 Å². The summed E-state index contributed by atoms with van der Waals surface area (Å²) in [5, 5.41) is 3.78. The Morgan fingerprint density at radius 3 is 2.61 bits per heavy atom. The van der Waals surface area contributed by atoms with E-state index < -0.39 is 0 Å². The van der Waals surface area contributed by atoms with Crippen molar-refractivity contribution in [3.8, 4) is 0 Å². The van der Waals surface area contributed by atoms with Gasteiger partial charge < -0.3 is 5.32 Å². The van der Waals surface area contributed by atoms with Crippen molar-refractivity contribution in [1.29, 1.82) is 0 Å². The lowest BCUT2D eigenvalue weighted by molar-refractivity contribution is 0.0491. The molecule has 2 rings (SSSR count). The van der Waals surface area contributed by atoms with E-state index in [1.165, 1.54) is 32.2 Å². The molecule has 0 amide bonds. The standard InChI is InChI=1S/C16H32N2/c1-6-17-15-14(9-10-16(15,4)5)18-11-7-8-12(2)13(18)3/h12-15,17H,6-11H2,1-5H3. The number of likely N-dealkylation sites (N-methyl/N-ethyl adjacent to an activating group) is 1. The molecular formula is C16H32N2. The molecule has 0 aromatic heterocycles. The van der Waals surface area contributed by atoms with E-state index in [9.17, 15) is 0 Å². The molecule has 1 aliphatic carbocycles. The lowest BCUT2D eigenvalue weighted by atomic mass is 9.84. The molecule has 106 valence electrons. The van der Waals surface area contributed by atoms with E-state index in [1.807, 2.05) is 0 Å². The SMILES string of the molecule is CCNC1C(N2CCCC(C)C2C)CCC1(C)C. The van der Waals surface area contributed by atoms with E-state index >= 15 is 0 Å². The summed E-state index contributed by atoms with van der Waals surface area (Å²) in [6.45, 7) is 14.4. The van der Waals surface area contributed by atoms with Crippen LogP contribution < -0.4 is 5.32 Å². The topological polar surface area (TPSA) is 15.3 Å². The Morgan fingerprint density at radius 1 is 1.22 bits per heavy atom. The van der Waals surface area contributed by atoms with E-state index in [1.54, 1.807) is 0 Å². The van der Waals surface area contributed by atoms with Crippen molar-refractivity contribution in [2.24, 2.45) is 11.3 Å².